The van der Waals surface area contributed by atoms with Gasteiger partial charge in [-0.3, -0.25) is 0 Å². The molecule has 1 saturated heterocycles. The van der Waals surface area contributed by atoms with Crippen molar-refractivity contribution in [3.8, 4) is 0 Å². The van der Waals surface area contributed by atoms with Crippen LogP contribution in [0, 0.1) is 5.82 Å². The van der Waals surface area contributed by atoms with E-state index < -0.39 is 0 Å². The van der Waals surface area contributed by atoms with Crippen molar-refractivity contribution in [2.75, 3.05) is 31.6 Å². The highest BCUT2D eigenvalue weighted by Crippen LogP contribution is 2.23. The van der Waals surface area contributed by atoms with Gasteiger partial charge in [0, 0.05) is 17.8 Å². The van der Waals surface area contributed by atoms with E-state index in [0.717, 1.165) is 31.5 Å². The SMILES string of the molecule is CCCNC(CCN(C)C1CCSC1)c1cccc(F)c1. The van der Waals surface area contributed by atoms with Crippen molar-refractivity contribution < 1.29 is 4.39 Å². The van der Waals surface area contributed by atoms with Crippen molar-refractivity contribution in [1.82, 2.24) is 10.2 Å². The zero-order chi connectivity index (χ0) is 15.1. The van der Waals surface area contributed by atoms with Gasteiger partial charge in [-0.05, 0) is 62.8 Å². The van der Waals surface area contributed by atoms with Crippen LogP contribution < -0.4 is 5.32 Å². The third-order valence-electron chi connectivity index (χ3n) is 4.19. The lowest BCUT2D eigenvalue weighted by molar-refractivity contribution is 0.246. The Morgan fingerprint density at radius 1 is 1.48 bits per heavy atom. The fraction of sp³-hybridized carbons (Fsp3) is 0.647. The fourth-order valence-electron chi connectivity index (χ4n) is 2.81. The molecule has 2 rings (SSSR count). The lowest BCUT2D eigenvalue weighted by atomic mass is 10.0. The van der Waals surface area contributed by atoms with Crippen LogP contribution in [-0.4, -0.2) is 42.6 Å². The van der Waals surface area contributed by atoms with Gasteiger partial charge in [0.25, 0.3) is 0 Å². The van der Waals surface area contributed by atoms with E-state index in [-0.39, 0.29) is 11.9 Å². The van der Waals surface area contributed by atoms with Crippen LogP contribution in [-0.2, 0) is 0 Å². The highest BCUT2D eigenvalue weighted by atomic mass is 32.2. The molecule has 2 atom stereocenters. The average molecular weight is 310 g/mol. The Hall–Kier alpha value is -0.580. The first-order chi connectivity index (χ1) is 10.2. The maximum Gasteiger partial charge on any atom is 0.123 e. The molecule has 2 nitrogen and oxygen atoms in total. The number of benzene rings is 1. The third kappa shape index (κ3) is 5.28. The van der Waals surface area contributed by atoms with Crippen LogP contribution in [0.1, 0.15) is 37.8 Å². The molecule has 1 aromatic rings. The highest BCUT2D eigenvalue weighted by molar-refractivity contribution is 7.99. The van der Waals surface area contributed by atoms with Crippen LogP contribution in [0.15, 0.2) is 24.3 Å². The van der Waals surface area contributed by atoms with Gasteiger partial charge < -0.3 is 10.2 Å². The van der Waals surface area contributed by atoms with E-state index in [1.807, 2.05) is 12.1 Å². The van der Waals surface area contributed by atoms with E-state index >= 15 is 0 Å². The molecule has 21 heavy (non-hydrogen) atoms. The van der Waals surface area contributed by atoms with Gasteiger partial charge in [0.1, 0.15) is 5.82 Å². The van der Waals surface area contributed by atoms with Crippen molar-refractivity contribution in [2.45, 2.75) is 38.3 Å². The van der Waals surface area contributed by atoms with Crippen molar-refractivity contribution in [2.24, 2.45) is 0 Å². The first-order valence-electron chi connectivity index (χ1n) is 7.97. The van der Waals surface area contributed by atoms with Gasteiger partial charge in [-0.25, -0.2) is 4.39 Å². The maximum atomic E-state index is 13.5. The first kappa shape index (κ1) is 16.8. The molecular formula is C17H27FN2S. The van der Waals surface area contributed by atoms with Gasteiger partial charge in [0.2, 0.25) is 0 Å². The zero-order valence-corrected chi connectivity index (χ0v) is 14.0. The molecule has 0 aliphatic carbocycles. The molecule has 1 aromatic carbocycles. The lowest BCUT2D eigenvalue weighted by Crippen LogP contribution is -2.34. The Bertz CT molecular complexity index is 421. The molecule has 118 valence electrons. The number of nitrogens with one attached hydrogen (secondary N) is 1. The number of nitrogens with zero attached hydrogens (tertiary/aromatic N) is 1. The minimum Gasteiger partial charge on any atom is -0.310 e. The van der Waals surface area contributed by atoms with Gasteiger partial charge in [-0.15, -0.1) is 0 Å². The number of thioether (sulfide) groups is 1. The predicted molar refractivity (Wildman–Crippen MR) is 90.4 cm³/mol. The van der Waals surface area contributed by atoms with E-state index in [9.17, 15) is 4.39 Å². The second-order valence-electron chi connectivity index (χ2n) is 5.85. The smallest absolute Gasteiger partial charge is 0.123 e. The second kappa shape index (κ2) is 8.76. The van der Waals surface area contributed by atoms with Crippen LogP contribution in [0.5, 0.6) is 0 Å². The molecular weight excluding hydrogens is 283 g/mol. The topological polar surface area (TPSA) is 15.3 Å². The van der Waals surface area contributed by atoms with Crippen LogP contribution in [0.4, 0.5) is 4.39 Å². The molecule has 0 saturated carbocycles. The summed E-state index contributed by atoms with van der Waals surface area (Å²) in [6, 6.07) is 7.98. The Balaban J connectivity index is 1.92. The summed E-state index contributed by atoms with van der Waals surface area (Å²) in [6.07, 6.45) is 3.43. The van der Waals surface area contributed by atoms with Crippen molar-refractivity contribution >= 4 is 11.8 Å². The Kier molecular flexibility index (Phi) is 7.00. The largest absolute Gasteiger partial charge is 0.310 e. The third-order valence-corrected chi connectivity index (χ3v) is 5.34. The number of hydrogen-bond acceptors (Lipinski definition) is 3. The second-order valence-corrected chi connectivity index (χ2v) is 7.00. The highest BCUT2D eigenvalue weighted by Gasteiger charge is 2.21. The van der Waals surface area contributed by atoms with Crippen LogP contribution in [0.2, 0.25) is 0 Å². The maximum absolute atomic E-state index is 13.5. The van der Waals surface area contributed by atoms with Crippen molar-refractivity contribution in [3.63, 3.8) is 0 Å². The molecule has 1 aliphatic rings. The number of halogens is 1. The summed E-state index contributed by atoms with van der Waals surface area (Å²) in [7, 11) is 2.22. The lowest BCUT2D eigenvalue weighted by Gasteiger charge is -2.27. The molecule has 4 heteroatoms. The van der Waals surface area contributed by atoms with Gasteiger partial charge in [-0.2, -0.15) is 11.8 Å². The Morgan fingerprint density at radius 3 is 3.00 bits per heavy atom. The van der Waals surface area contributed by atoms with Gasteiger partial charge in [0.15, 0.2) is 0 Å². The molecule has 1 heterocycles. The molecule has 0 radical (unpaired) electrons. The molecule has 2 unspecified atom stereocenters. The minimum atomic E-state index is -0.142. The van der Waals surface area contributed by atoms with Crippen LogP contribution in [0.3, 0.4) is 0 Å². The van der Waals surface area contributed by atoms with Crippen LogP contribution in [0.25, 0.3) is 0 Å². The van der Waals surface area contributed by atoms with Gasteiger partial charge >= 0.3 is 0 Å². The summed E-state index contributed by atoms with van der Waals surface area (Å²) in [6.45, 7) is 4.20. The zero-order valence-electron chi connectivity index (χ0n) is 13.1. The molecule has 0 amide bonds. The summed E-state index contributed by atoms with van der Waals surface area (Å²) in [5.74, 6) is 2.40. The first-order valence-corrected chi connectivity index (χ1v) is 9.13. The number of hydrogen-bond donors (Lipinski definition) is 1. The van der Waals surface area contributed by atoms with Crippen molar-refractivity contribution in [1.29, 1.82) is 0 Å². The average Bonchev–Trinajstić information content (AvgIpc) is 3.01. The summed E-state index contributed by atoms with van der Waals surface area (Å²) in [5, 5.41) is 3.56. The van der Waals surface area contributed by atoms with E-state index in [0.29, 0.717) is 6.04 Å². The summed E-state index contributed by atoms with van der Waals surface area (Å²) < 4.78 is 13.5. The van der Waals surface area contributed by atoms with Gasteiger partial charge in [0.05, 0.1) is 0 Å². The molecule has 0 bridgehead atoms. The molecule has 0 aromatic heterocycles. The number of rotatable bonds is 8. The molecule has 1 fully saturated rings. The summed E-state index contributed by atoms with van der Waals surface area (Å²) in [4.78, 5) is 2.47. The monoisotopic (exact) mass is 310 g/mol. The summed E-state index contributed by atoms with van der Waals surface area (Å²) >= 11 is 2.05. The molecule has 0 spiro atoms. The van der Waals surface area contributed by atoms with Gasteiger partial charge in [-0.1, -0.05) is 19.1 Å². The Labute approximate surface area is 132 Å². The summed E-state index contributed by atoms with van der Waals surface area (Å²) in [5.41, 5.74) is 1.07. The Morgan fingerprint density at radius 2 is 2.33 bits per heavy atom. The molecule has 1 aliphatic heterocycles. The van der Waals surface area contributed by atoms with Crippen LogP contribution >= 0.6 is 11.8 Å². The predicted octanol–water partition coefficient (Wildman–Crippen LogP) is 3.69. The minimum absolute atomic E-state index is 0.142. The molecule has 1 N–H and O–H groups in total. The standard InChI is InChI=1S/C17H27FN2S/c1-3-9-19-17(14-5-4-6-15(18)12-14)7-10-20(2)16-8-11-21-13-16/h4-6,12,16-17,19H,3,7-11,13H2,1-2H3. The normalized spacial score (nSPS) is 20.1. The van der Waals surface area contributed by atoms with E-state index in [4.69, 9.17) is 0 Å². The van der Waals surface area contributed by atoms with E-state index in [2.05, 4.69) is 35.9 Å². The fourth-order valence-corrected chi connectivity index (χ4v) is 4.11. The van der Waals surface area contributed by atoms with Crippen molar-refractivity contribution in [3.05, 3.63) is 35.6 Å². The van der Waals surface area contributed by atoms with E-state index in [1.54, 1.807) is 6.07 Å². The quantitative estimate of drug-likeness (QED) is 0.788. The van der Waals surface area contributed by atoms with E-state index in [1.165, 1.54) is 24.0 Å².